The molecule has 1 fully saturated rings. The highest BCUT2D eigenvalue weighted by Gasteiger charge is 2.20. The molecule has 37 heavy (non-hydrogen) atoms. The Morgan fingerprint density at radius 2 is 2.03 bits per heavy atom. The lowest BCUT2D eigenvalue weighted by Gasteiger charge is -2.26. The van der Waals surface area contributed by atoms with E-state index < -0.39 is 11.4 Å². The molecule has 1 saturated heterocycles. The molecule has 0 unspecified atom stereocenters. The lowest BCUT2D eigenvalue weighted by atomic mass is 10.2. The summed E-state index contributed by atoms with van der Waals surface area (Å²) in [5.41, 5.74) is -0.165. The second kappa shape index (κ2) is 12.1. The van der Waals surface area contributed by atoms with E-state index in [1.165, 1.54) is 23.9 Å². The van der Waals surface area contributed by atoms with Gasteiger partial charge in [-0.05, 0) is 38.5 Å². The van der Waals surface area contributed by atoms with Gasteiger partial charge in [-0.25, -0.2) is 19.3 Å². The Hall–Kier alpha value is -3.64. The Morgan fingerprint density at radius 1 is 1.24 bits per heavy atom. The number of amides is 1. The molecule has 0 bridgehead atoms. The molecule has 3 aromatic heterocycles. The number of morpholine rings is 1. The molecule has 1 amide bonds. The molecule has 0 aliphatic carbocycles. The van der Waals surface area contributed by atoms with Crippen LogP contribution in [0.1, 0.15) is 20.3 Å². The van der Waals surface area contributed by atoms with Gasteiger partial charge in [0.2, 0.25) is 5.91 Å². The smallest absolute Gasteiger partial charge is 0.263 e. The van der Waals surface area contributed by atoms with Gasteiger partial charge in [0.1, 0.15) is 18.0 Å². The van der Waals surface area contributed by atoms with Crippen molar-refractivity contribution in [2.75, 3.05) is 46.6 Å². The average Bonchev–Trinajstić information content (AvgIpc) is 2.89. The van der Waals surface area contributed by atoms with Crippen molar-refractivity contribution in [1.82, 2.24) is 29.7 Å². The third-order valence-corrected chi connectivity index (χ3v) is 5.76. The fourth-order valence-corrected chi connectivity index (χ4v) is 4.01. The molecule has 1 N–H and O–H groups in total. The number of pyridine rings is 2. The average molecular weight is 515 g/mol. The van der Waals surface area contributed by atoms with Crippen LogP contribution in [0.2, 0.25) is 0 Å². The highest BCUT2D eigenvalue weighted by Crippen LogP contribution is 2.23. The van der Waals surface area contributed by atoms with E-state index in [0.717, 1.165) is 45.3 Å². The Bertz CT molecular complexity index is 1310. The van der Waals surface area contributed by atoms with Crippen LogP contribution in [0.5, 0.6) is 11.6 Å². The van der Waals surface area contributed by atoms with E-state index in [2.05, 4.69) is 25.2 Å². The Kier molecular flexibility index (Phi) is 8.62. The standard InChI is InChI=1S/C25H31FN6O5/c1-16(2)28-21(33)15-32-23(20-6-5-19(26)24(29-20)35-3)30-22-18(25(32)34)13-17(14-27-22)37-10-4-7-31-8-11-36-12-9-31/h5-6,13-14,16H,4,7-12,15H2,1-3H3,(H,28,33). The summed E-state index contributed by atoms with van der Waals surface area (Å²) in [6, 6.07) is 3.99. The van der Waals surface area contributed by atoms with E-state index in [1.54, 1.807) is 6.07 Å². The number of nitrogens with zero attached hydrogens (tertiary/aromatic N) is 5. The number of nitrogens with one attached hydrogen (secondary N) is 1. The van der Waals surface area contributed by atoms with Crippen molar-refractivity contribution < 1.29 is 23.4 Å². The van der Waals surface area contributed by atoms with E-state index in [0.29, 0.717) is 12.4 Å². The molecule has 1 aliphatic rings. The van der Waals surface area contributed by atoms with Gasteiger partial charge in [-0.2, -0.15) is 0 Å². The van der Waals surface area contributed by atoms with Crippen LogP contribution in [-0.4, -0.2) is 82.9 Å². The number of methoxy groups -OCH3 is 1. The van der Waals surface area contributed by atoms with E-state index in [9.17, 15) is 14.0 Å². The molecule has 0 aromatic carbocycles. The lowest BCUT2D eigenvalue weighted by Crippen LogP contribution is -2.37. The van der Waals surface area contributed by atoms with Gasteiger partial charge in [-0.3, -0.25) is 19.1 Å². The van der Waals surface area contributed by atoms with Gasteiger partial charge in [0.15, 0.2) is 17.3 Å². The van der Waals surface area contributed by atoms with Crippen LogP contribution in [0.15, 0.2) is 29.2 Å². The van der Waals surface area contributed by atoms with Crippen molar-refractivity contribution in [2.45, 2.75) is 32.9 Å². The molecule has 0 radical (unpaired) electrons. The predicted octanol–water partition coefficient (Wildman–Crippen LogP) is 1.63. The molecule has 1 aliphatic heterocycles. The number of rotatable bonds is 10. The van der Waals surface area contributed by atoms with Gasteiger partial charge in [-0.15, -0.1) is 0 Å². The van der Waals surface area contributed by atoms with Crippen molar-refractivity contribution in [2.24, 2.45) is 0 Å². The maximum Gasteiger partial charge on any atom is 0.263 e. The van der Waals surface area contributed by atoms with Crippen molar-refractivity contribution in [1.29, 1.82) is 0 Å². The first-order chi connectivity index (χ1) is 17.9. The largest absolute Gasteiger partial charge is 0.492 e. The molecule has 4 heterocycles. The van der Waals surface area contributed by atoms with Crippen molar-refractivity contribution in [3.63, 3.8) is 0 Å². The molecular weight excluding hydrogens is 483 g/mol. The fourth-order valence-electron chi connectivity index (χ4n) is 4.01. The summed E-state index contributed by atoms with van der Waals surface area (Å²) in [5.74, 6) is -0.787. The predicted molar refractivity (Wildman–Crippen MR) is 134 cm³/mol. The van der Waals surface area contributed by atoms with Gasteiger partial charge in [0.05, 0.1) is 38.5 Å². The van der Waals surface area contributed by atoms with Crippen molar-refractivity contribution >= 4 is 16.9 Å². The van der Waals surface area contributed by atoms with E-state index in [-0.39, 0.29) is 46.9 Å². The highest BCUT2D eigenvalue weighted by atomic mass is 19.1. The zero-order valence-corrected chi connectivity index (χ0v) is 21.2. The van der Waals surface area contributed by atoms with Crippen LogP contribution in [-0.2, 0) is 16.1 Å². The summed E-state index contributed by atoms with van der Waals surface area (Å²) in [4.78, 5) is 41.4. The molecule has 0 spiro atoms. The summed E-state index contributed by atoms with van der Waals surface area (Å²) in [5, 5.41) is 2.96. The second-order valence-corrected chi connectivity index (χ2v) is 8.93. The summed E-state index contributed by atoms with van der Waals surface area (Å²) in [6.07, 6.45) is 2.31. The van der Waals surface area contributed by atoms with Gasteiger partial charge in [-0.1, -0.05) is 0 Å². The SMILES string of the molecule is COc1nc(-c2nc3ncc(OCCCN4CCOCC4)cc3c(=O)n2CC(=O)NC(C)C)ccc1F. The Balaban J connectivity index is 1.63. The number of hydrogen-bond donors (Lipinski definition) is 1. The quantitative estimate of drug-likeness (QED) is 0.403. The topological polar surface area (TPSA) is 121 Å². The van der Waals surface area contributed by atoms with Crippen molar-refractivity contribution in [3.05, 3.63) is 40.6 Å². The molecule has 4 rings (SSSR count). The lowest BCUT2D eigenvalue weighted by molar-refractivity contribution is -0.122. The zero-order chi connectivity index (χ0) is 26.4. The minimum absolute atomic E-state index is 0.0707. The second-order valence-electron chi connectivity index (χ2n) is 8.93. The third-order valence-electron chi connectivity index (χ3n) is 5.76. The molecule has 0 saturated carbocycles. The summed E-state index contributed by atoms with van der Waals surface area (Å²) in [7, 11) is 1.29. The Morgan fingerprint density at radius 3 is 2.76 bits per heavy atom. The maximum atomic E-state index is 14.0. The van der Waals surface area contributed by atoms with E-state index in [4.69, 9.17) is 14.2 Å². The number of hydrogen-bond acceptors (Lipinski definition) is 9. The van der Waals surface area contributed by atoms with Crippen LogP contribution in [0.25, 0.3) is 22.6 Å². The number of carbonyl (C=O) groups is 1. The summed E-state index contributed by atoms with van der Waals surface area (Å²) < 4.78 is 31.4. The summed E-state index contributed by atoms with van der Waals surface area (Å²) >= 11 is 0. The maximum absolute atomic E-state index is 14.0. The third kappa shape index (κ3) is 6.57. The van der Waals surface area contributed by atoms with Crippen LogP contribution in [0, 0.1) is 5.82 Å². The molecule has 3 aromatic rings. The molecule has 11 nitrogen and oxygen atoms in total. The summed E-state index contributed by atoms with van der Waals surface area (Å²) in [6.45, 7) is 7.98. The molecule has 198 valence electrons. The monoisotopic (exact) mass is 514 g/mol. The van der Waals surface area contributed by atoms with Gasteiger partial charge >= 0.3 is 0 Å². The zero-order valence-electron chi connectivity index (χ0n) is 21.2. The molecule has 12 heteroatoms. The van der Waals surface area contributed by atoms with Crippen LogP contribution < -0.4 is 20.3 Å². The van der Waals surface area contributed by atoms with Crippen LogP contribution in [0.4, 0.5) is 4.39 Å². The minimum Gasteiger partial charge on any atom is -0.492 e. The normalized spacial score (nSPS) is 14.2. The first kappa shape index (κ1) is 26.4. The first-order valence-corrected chi connectivity index (χ1v) is 12.2. The minimum atomic E-state index is -0.660. The fraction of sp³-hybridized carbons (Fsp3) is 0.480. The number of halogens is 1. The van der Waals surface area contributed by atoms with E-state index in [1.807, 2.05) is 13.8 Å². The van der Waals surface area contributed by atoms with Gasteiger partial charge in [0, 0.05) is 25.7 Å². The number of fused-ring (bicyclic) bond motifs is 1. The van der Waals surface area contributed by atoms with Gasteiger partial charge < -0.3 is 19.5 Å². The Labute approximate surface area is 213 Å². The first-order valence-electron chi connectivity index (χ1n) is 12.2. The van der Waals surface area contributed by atoms with Gasteiger partial charge in [0.25, 0.3) is 11.4 Å². The van der Waals surface area contributed by atoms with Crippen molar-refractivity contribution in [3.8, 4) is 23.1 Å². The molecule has 0 atom stereocenters. The molecular formula is C25H31FN6O5. The van der Waals surface area contributed by atoms with E-state index >= 15 is 0 Å². The number of ether oxygens (including phenoxy) is 3. The van der Waals surface area contributed by atoms with Crippen LogP contribution >= 0.6 is 0 Å². The highest BCUT2D eigenvalue weighted by molar-refractivity contribution is 5.80. The van der Waals surface area contributed by atoms with Crippen LogP contribution in [0.3, 0.4) is 0 Å². The number of carbonyl (C=O) groups excluding carboxylic acids is 1. The number of aromatic nitrogens is 4.